The second-order valence-electron chi connectivity index (χ2n) is 11.7. The van der Waals surface area contributed by atoms with Crippen molar-refractivity contribution in [2.24, 2.45) is 0 Å². The number of para-hydroxylation sites is 2. The third kappa shape index (κ3) is 7.14. The lowest BCUT2D eigenvalue weighted by Crippen LogP contribution is -2.28. The third-order valence-corrected chi connectivity index (χ3v) is 10.1. The van der Waals surface area contributed by atoms with Gasteiger partial charge in [0.25, 0.3) is 20.2 Å². The molecule has 0 aromatic heterocycles. The minimum atomic E-state index is -4.05. The lowest BCUT2D eigenvalue weighted by molar-refractivity contribution is -0.437. The summed E-state index contributed by atoms with van der Waals surface area (Å²) < 4.78 is 66.8. The van der Waals surface area contributed by atoms with Gasteiger partial charge in [0.2, 0.25) is 5.69 Å². The van der Waals surface area contributed by atoms with Crippen molar-refractivity contribution >= 4 is 53.3 Å². The molecule has 2 heterocycles. The Balaban J connectivity index is 1.65. The van der Waals surface area contributed by atoms with E-state index in [9.17, 15) is 25.9 Å². The van der Waals surface area contributed by atoms with Gasteiger partial charge in [-0.1, -0.05) is 66.2 Å². The Kier molecular flexibility index (Phi) is 9.40. The molecular weight excluding hydrogens is 640 g/mol. The van der Waals surface area contributed by atoms with Gasteiger partial charge in [-0.25, -0.2) is 0 Å². The summed E-state index contributed by atoms with van der Waals surface area (Å²) >= 11 is 3.69. The van der Waals surface area contributed by atoms with Crippen LogP contribution in [0.4, 0.5) is 11.4 Å². The lowest BCUT2D eigenvalue weighted by atomic mass is 9.81. The Morgan fingerprint density at radius 1 is 0.881 bits per heavy atom. The molecule has 0 fully saturated rings. The van der Waals surface area contributed by atoms with E-state index < -0.39 is 20.2 Å². The number of benzene rings is 2. The van der Waals surface area contributed by atoms with Gasteiger partial charge in [-0.15, -0.1) is 0 Å². The number of fused-ring (bicyclic) bond motifs is 2. The van der Waals surface area contributed by atoms with E-state index >= 15 is 0 Å². The largest absolute Gasteiger partial charge is 0.344 e. The van der Waals surface area contributed by atoms with Gasteiger partial charge in [0.05, 0.1) is 16.9 Å². The first-order chi connectivity index (χ1) is 19.5. The summed E-state index contributed by atoms with van der Waals surface area (Å²) in [5.74, 6) is -0.613. The molecule has 0 saturated heterocycles. The van der Waals surface area contributed by atoms with Crippen LogP contribution >= 0.6 is 15.9 Å². The van der Waals surface area contributed by atoms with E-state index in [1.807, 2.05) is 60.7 Å². The normalized spacial score (nSPS) is 19.2. The van der Waals surface area contributed by atoms with E-state index in [0.29, 0.717) is 13.1 Å². The van der Waals surface area contributed by atoms with Gasteiger partial charge in [-0.2, -0.15) is 21.4 Å². The second kappa shape index (κ2) is 12.2. The quantitative estimate of drug-likeness (QED) is 0.167. The Hall–Kier alpha value is -2.57. The molecule has 226 valence electrons. The van der Waals surface area contributed by atoms with Crippen molar-refractivity contribution in [1.29, 1.82) is 0 Å². The molecule has 0 atom stereocenters. The first-order valence-corrected chi connectivity index (χ1v) is 17.8. The minimum Gasteiger partial charge on any atom is -0.344 e. The molecule has 2 aliphatic heterocycles. The van der Waals surface area contributed by atoms with Crippen molar-refractivity contribution in [3.05, 3.63) is 94.1 Å². The molecule has 2 N–H and O–H groups in total. The molecule has 2 aliphatic rings. The maximum Gasteiger partial charge on any atom is 0.265 e. The SMILES string of the molecule is CC1(C)C(/C=C/C(Br)=C/C=C2\N(CCCS(=O)(=O)O)c3ccccc3C2(C)C)=[N+](CCCS(=O)(=O)O)c2ccccc21. The number of anilines is 1. The standard InChI is InChI=1S/C31H37BrN2O6S2/c1-30(2)24-11-5-7-13-26(24)33(19-9-21-41(35,36)37)28(30)17-15-23(32)16-18-29-31(3,4)25-12-6-8-14-27(25)34(29)20-10-22-42(38,39)40/h5-8,11-18H,9-10,19-22H2,1-4H3,(H-,35,36,37,38,39,40)/p+1. The average Bonchev–Trinajstić information content (AvgIpc) is 3.24. The van der Waals surface area contributed by atoms with Crippen molar-refractivity contribution in [2.75, 3.05) is 29.5 Å². The highest BCUT2D eigenvalue weighted by atomic mass is 79.9. The molecule has 2 aromatic carbocycles. The lowest BCUT2D eigenvalue weighted by Gasteiger charge is -2.27. The summed E-state index contributed by atoms with van der Waals surface area (Å²) in [4.78, 5) is 2.11. The van der Waals surface area contributed by atoms with Crippen LogP contribution in [0.2, 0.25) is 0 Å². The molecule has 0 spiro atoms. The van der Waals surface area contributed by atoms with E-state index in [0.717, 1.165) is 38.4 Å². The summed E-state index contributed by atoms with van der Waals surface area (Å²) in [5.41, 5.74) is 5.70. The summed E-state index contributed by atoms with van der Waals surface area (Å²) in [6.07, 6.45) is 8.57. The first-order valence-electron chi connectivity index (χ1n) is 13.8. The maximum atomic E-state index is 11.4. The van der Waals surface area contributed by atoms with Crippen LogP contribution in [0, 0.1) is 0 Å². The highest BCUT2D eigenvalue weighted by Crippen LogP contribution is 2.47. The molecule has 8 nitrogen and oxygen atoms in total. The number of hydrogen-bond acceptors (Lipinski definition) is 5. The fourth-order valence-electron chi connectivity index (χ4n) is 5.95. The zero-order valence-electron chi connectivity index (χ0n) is 24.3. The number of hydrogen-bond donors (Lipinski definition) is 2. The van der Waals surface area contributed by atoms with Gasteiger partial charge in [0, 0.05) is 52.0 Å². The number of rotatable bonds is 11. The fraction of sp³-hybridized carbons (Fsp3) is 0.387. The molecule has 0 saturated carbocycles. The smallest absolute Gasteiger partial charge is 0.265 e. The van der Waals surface area contributed by atoms with Gasteiger partial charge in [0.1, 0.15) is 6.54 Å². The van der Waals surface area contributed by atoms with Gasteiger partial charge < -0.3 is 4.90 Å². The molecular formula is C31H38BrN2O6S2+. The number of nitrogens with zero attached hydrogens (tertiary/aromatic N) is 2. The summed E-state index contributed by atoms with van der Waals surface area (Å²) in [6, 6.07) is 16.1. The molecule has 11 heteroatoms. The minimum absolute atomic E-state index is 0.284. The van der Waals surface area contributed by atoms with Crippen LogP contribution < -0.4 is 4.90 Å². The predicted octanol–water partition coefficient (Wildman–Crippen LogP) is 6.14. The van der Waals surface area contributed by atoms with Crippen LogP contribution in [-0.4, -0.2) is 60.8 Å². The van der Waals surface area contributed by atoms with Crippen molar-refractivity contribution < 1.29 is 30.5 Å². The summed E-state index contributed by atoms with van der Waals surface area (Å²) in [7, 11) is -8.10. The van der Waals surface area contributed by atoms with Crippen LogP contribution in [-0.2, 0) is 31.1 Å². The van der Waals surface area contributed by atoms with Crippen LogP contribution in [0.3, 0.4) is 0 Å². The van der Waals surface area contributed by atoms with Crippen LogP contribution in [0.1, 0.15) is 51.7 Å². The monoisotopic (exact) mass is 677 g/mol. The maximum absolute atomic E-state index is 11.4. The second-order valence-corrected chi connectivity index (χ2v) is 15.7. The Bertz CT molecular complexity index is 1700. The van der Waals surface area contributed by atoms with Crippen LogP contribution in [0.5, 0.6) is 0 Å². The number of allylic oxidation sites excluding steroid dienone is 6. The van der Waals surface area contributed by atoms with Crippen LogP contribution in [0.15, 0.2) is 83.0 Å². The Labute approximate surface area is 257 Å². The first kappa shape index (κ1) is 32.3. The average molecular weight is 679 g/mol. The molecule has 2 aromatic rings. The van der Waals surface area contributed by atoms with E-state index in [1.165, 1.54) is 0 Å². The summed E-state index contributed by atoms with van der Waals surface area (Å²) in [6.45, 7) is 9.42. The van der Waals surface area contributed by atoms with Gasteiger partial charge >= 0.3 is 0 Å². The zero-order valence-corrected chi connectivity index (χ0v) is 27.5. The van der Waals surface area contributed by atoms with Gasteiger partial charge in [-0.05, 0) is 50.1 Å². The van der Waals surface area contributed by atoms with Crippen molar-refractivity contribution in [1.82, 2.24) is 0 Å². The summed E-state index contributed by atoms with van der Waals surface area (Å²) in [5, 5.41) is 0. The Morgan fingerprint density at radius 2 is 1.48 bits per heavy atom. The fourth-order valence-corrected chi connectivity index (χ4v) is 7.20. The molecule has 0 unspecified atom stereocenters. The molecule has 0 bridgehead atoms. The Morgan fingerprint density at radius 3 is 2.14 bits per heavy atom. The van der Waals surface area contributed by atoms with Gasteiger partial charge in [-0.3, -0.25) is 9.11 Å². The van der Waals surface area contributed by atoms with E-state index in [2.05, 4.69) is 65.2 Å². The predicted molar refractivity (Wildman–Crippen MR) is 172 cm³/mol. The van der Waals surface area contributed by atoms with E-state index in [-0.39, 0.29) is 35.2 Å². The zero-order chi connectivity index (χ0) is 30.9. The van der Waals surface area contributed by atoms with Crippen molar-refractivity contribution in [3.63, 3.8) is 0 Å². The van der Waals surface area contributed by atoms with Crippen molar-refractivity contribution in [2.45, 2.75) is 51.4 Å². The van der Waals surface area contributed by atoms with Crippen molar-refractivity contribution in [3.8, 4) is 0 Å². The van der Waals surface area contributed by atoms with E-state index in [4.69, 9.17) is 0 Å². The highest BCUT2D eigenvalue weighted by Gasteiger charge is 2.44. The van der Waals surface area contributed by atoms with Gasteiger partial charge in [0.15, 0.2) is 5.71 Å². The number of halogens is 1. The topological polar surface area (TPSA) is 115 Å². The molecule has 4 rings (SSSR count). The molecule has 42 heavy (non-hydrogen) atoms. The third-order valence-electron chi connectivity index (χ3n) is 7.97. The molecule has 0 amide bonds. The highest BCUT2D eigenvalue weighted by molar-refractivity contribution is 9.11. The molecule has 0 aliphatic carbocycles. The van der Waals surface area contributed by atoms with Crippen LogP contribution in [0.25, 0.3) is 0 Å². The van der Waals surface area contributed by atoms with E-state index in [1.54, 1.807) is 0 Å². The molecule has 0 radical (unpaired) electrons.